The summed E-state index contributed by atoms with van der Waals surface area (Å²) in [6.07, 6.45) is 6.13. The Morgan fingerprint density at radius 1 is 1.38 bits per heavy atom. The molecule has 2 heterocycles. The van der Waals surface area contributed by atoms with E-state index in [0.717, 1.165) is 31.0 Å². The van der Waals surface area contributed by atoms with Crippen molar-refractivity contribution in [3.8, 4) is 0 Å². The first kappa shape index (κ1) is 11.6. The number of aromatic nitrogens is 2. The third kappa shape index (κ3) is 2.81. The first-order valence-corrected chi connectivity index (χ1v) is 6.54. The minimum Gasteiger partial charge on any atom is -0.320 e. The molecule has 88 valence electrons. The smallest absolute Gasteiger partial charge is 0.193 e. The molecule has 2 aromatic rings. The molecule has 0 spiro atoms. The number of hydrogen-bond acceptors (Lipinski definition) is 4. The van der Waals surface area contributed by atoms with Crippen molar-refractivity contribution in [3.63, 3.8) is 0 Å². The van der Waals surface area contributed by atoms with E-state index in [-0.39, 0.29) is 0 Å². The number of fused-ring (bicyclic) bond motifs is 1. The zero-order chi connectivity index (χ0) is 11.2. The van der Waals surface area contributed by atoms with Crippen molar-refractivity contribution in [3.05, 3.63) is 23.5 Å². The van der Waals surface area contributed by atoms with Crippen molar-refractivity contribution in [2.24, 2.45) is 0 Å². The van der Waals surface area contributed by atoms with Crippen LogP contribution in [0.3, 0.4) is 0 Å². The van der Waals surface area contributed by atoms with Crippen LogP contribution in [0, 0.1) is 0 Å². The monoisotopic (exact) mass is 238 g/mol. The van der Waals surface area contributed by atoms with Gasteiger partial charge in [-0.3, -0.25) is 4.40 Å². The fraction of sp³-hybridized carbons (Fsp3) is 0.545. The van der Waals surface area contributed by atoms with Gasteiger partial charge in [0.2, 0.25) is 0 Å². The van der Waals surface area contributed by atoms with E-state index in [0.29, 0.717) is 0 Å². The summed E-state index contributed by atoms with van der Waals surface area (Å²) in [7, 11) is 1.99. The molecular formula is C11H18N4S. The largest absolute Gasteiger partial charge is 0.320 e. The second kappa shape index (κ2) is 5.98. The van der Waals surface area contributed by atoms with Gasteiger partial charge in [0.1, 0.15) is 0 Å². The van der Waals surface area contributed by atoms with Crippen LogP contribution in [0.2, 0.25) is 0 Å². The van der Waals surface area contributed by atoms with Gasteiger partial charge in [-0.25, -0.2) is 4.98 Å². The highest BCUT2D eigenvalue weighted by atomic mass is 32.1. The molecule has 0 aliphatic rings. The van der Waals surface area contributed by atoms with Gasteiger partial charge in [-0.15, -0.1) is 11.3 Å². The van der Waals surface area contributed by atoms with Crippen molar-refractivity contribution >= 4 is 16.3 Å². The molecule has 0 radical (unpaired) electrons. The standard InChI is InChI=1S/C11H18N4S/c1-12-4-2-5-13-6-3-10-9-16-11-14-7-8-15(10)11/h7-9,12-13H,2-6H2,1H3. The Labute approximate surface area is 99.7 Å². The third-order valence-corrected chi connectivity index (χ3v) is 3.46. The van der Waals surface area contributed by atoms with Crippen molar-refractivity contribution in [1.82, 2.24) is 20.0 Å². The molecule has 0 aliphatic heterocycles. The highest BCUT2D eigenvalue weighted by Gasteiger charge is 2.02. The Morgan fingerprint density at radius 3 is 3.19 bits per heavy atom. The number of nitrogens with zero attached hydrogens (tertiary/aromatic N) is 2. The van der Waals surface area contributed by atoms with Crippen LogP contribution in [0.25, 0.3) is 4.96 Å². The molecule has 2 rings (SSSR count). The van der Waals surface area contributed by atoms with Gasteiger partial charge in [0.25, 0.3) is 0 Å². The zero-order valence-corrected chi connectivity index (χ0v) is 10.4. The van der Waals surface area contributed by atoms with Gasteiger partial charge < -0.3 is 10.6 Å². The highest BCUT2D eigenvalue weighted by Crippen LogP contribution is 2.14. The number of imidazole rings is 1. The second-order valence-corrected chi connectivity index (χ2v) is 4.60. The van der Waals surface area contributed by atoms with Crippen LogP contribution in [0.4, 0.5) is 0 Å². The maximum Gasteiger partial charge on any atom is 0.193 e. The summed E-state index contributed by atoms with van der Waals surface area (Å²) in [5.74, 6) is 0. The summed E-state index contributed by atoms with van der Waals surface area (Å²) in [6.45, 7) is 3.20. The summed E-state index contributed by atoms with van der Waals surface area (Å²) in [5.41, 5.74) is 1.35. The molecule has 16 heavy (non-hydrogen) atoms. The normalized spacial score (nSPS) is 11.3. The molecule has 0 saturated heterocycles. The topological polar surface area (TPSA) is 41.4 Å². The van der Waals surface area contributed by atoms with E-state index in [9.17, 15) is 0 Å². The molecule has 0 unspecified atom stereocenters. The average molecular weight is 238 g/mol. The Morgan fingerprint density at radius 2 is 2.31 bits per heavy atom. The van der Waals surface area contributed by atoms with E-state index in [1.54, 1.807) is 11.3 Å². The molecule has 2 aromatic heterocycles. The van der Waals surface area contributed by atoms with Crippen LogP contribution >= 0.6 is 11.3 Å². The van der Waals surface area contributed by atoms with Gasteiger partial charge in [0, 0.05) is 36.4 Å². The molecule has 0 aliphatic carbocycles. The van der Waals surface area contributed by atoms with E-state index >= 15 is 0 Å². The number of nitrogens with one attached hydrogen (secondary N) is 2. The summed E-state index contributed by atoms with van der Waals surface area (Å²) < 4.78 is 2.17. The summed E-state index contributed by atoms with van der Waals surface area (Å²) in [5, 5.41) is 8.78. The number of thiazole rings is 1. The molecule has 2 N–H and O–H groups in total. The highest BCUT2D eigenvalue weighted by molar-refractivity contribution is 7.15. The Balaban J connectivity index is 1.72. The summed E-state index contributed by atoms with van der Waals surface area (Å²) >= 11 is 1.71. The van der Waals surface area contributed by atoms with Crippen molar-refractivity contribution in [1.29, 1.82) is 0 Å². The predicted octanol–water partition coefficient (Wildman–Crippen LogP) is 1.14. The molecule has 0 bridgehead atoms. The quantitative estimate of drug-likeness (QED) is 0.711. The van der Waals surface area contributed by atoms with Crippen molar-refractivity contribution in [2.75, 3.05) is 26.7 Å². The van der Waals surface area contributed by atoms with Gasteiger partial charge in [0.05, 0.1) is 0 Å². The fourth-order valence-electron chi connectivity index (χ4n) is 1.68. The van der Waals surface area contributed by atoms with Crippen LogP contribution in [0.15, 0.2) is 17.8 Å². The number of hydrogen-bond donors (Lipinski definition) is 2. The van der Waals surface area contributed by atoms with Crippen molar-refractivity contribution in [2.45, 2.75) is 12.8 Å². The van der Waals surface area contributed by atoms with Crippen LogP contribution < -0.4 is 10.6 Å². The summed E-state index contributed by atoms with van der Waals surface area (Å²) in [4.78, 5) is 5.35. The van der Waals surface area contributed by atoms with Gasteiger partial charge in [0.15, 0.2) is 4.96 Å². The molecule has 5 heteroatoms. The lowest BCUT2D eigenvalue weighted by molar-refractivity contribution is 0.621. The van der Waals surface area contributed by atoms with E-state index in [4.69, 9.17) is 0 Å². The molecular weight excluding hydrogens is 220 g/mol. The van der Waals surface area contributed by atoms with E-state index in [2.05, 4.69) is 25.4 Å². The molecule has 0 saturated carbocycles. The third-order valence-electron chi connectivity index (χ3n) is 2.55. The van der Waals surface area contributed by atoms with Crippen LogP contribution in [-0.4, -0.2) is 36.1 Å². The first-order chi connectivity index (χ1) is 7.92. The predicted molar refractivity (Wildman–Crippen MR) is 68.2 cm³/mol. The SMILES string of the molecule is CNCCCNCCc1csc2nccn12. The average Bonchev–Trinajstić information content (AvgIpc) is 2.87. The second-order valence-electron chi connectivity index (χ2n) is 3.76. The van der Waals surface area contributed by atoms with Crippen molar-refractivity contribution < 1.29 is 0 Å². The first-order valence-electron chi connectivity index (χ1n) is 5.66. The van der Waals surface area contributed by atoms with E-state index < -0.39 is 0 Å². The lowest BCUT2D eigenvalue weighted by Crippen LogP contribution is -2.22. The minimum absolute atomic E-state index is 1.04. The molecule has 0 aromatic carbocycles. The van der Waals surface area contributed by atoms with Gasteiger partial charge in [-0.1, -0.05) is 0 Å². The Bertz CT molecular complexity index is 420. The fourth-order valence-corrected chi connectivity index (χ4v) is 2.57. The van der Waals surface area contributed by atoms with Gasteiger partial charge in [-0.2, -0.15) is 0 Å². The van der Waals surface area contributed by atoms with Crippen LogP contribution in [-0.2, 0) is 6.42 Å². The maximum absolute atomic E-state index is 4.26. The van der Waals surface area contributed by atoms with Gasteiger partial charge in [-0.05, 0) is 26.6 Å². The van der Waals surface area contributed by atoms with Crippen LogP contribution in [0.1, 0.15) is 12.1 Å². The Hall–Kier alpha value is -0.910. The molecule has 0 amide bonds. The maximum atomic E-state index is 4.26. The Kier molecular flexibility index (Phi) is 4.33. The van der Waals surface area contributed by atoms with Gasteiger partial charge >= 0.3 is 0 Å². The minimum atomic E-state index is 1.04. The zero-order valence-electron chi connectivity index (χ0n) is 9.57. The molecule has 4 nitrogen and oxygen atoms in total. The molecule has 0 fully saturated rings. The lowest BCUT2D eigenvalue weighted by Gasteiger charge is -2.03. The molecule has 0 atom stereocenters. The summed E-state index contributed by atoms with van der Waals surface area (Å²) in [6, 6.07) is 0. The van der Waals surface area contributed by atoms with E-state index in [1.807, 2.05) is 19.4 Å². The van der Waals surface area contributed by atoms with E-state index in [1.165, 1.54) is 12.1 Å². The number of rotatable bonds is 7. The lowest BCUT2D eigenvalue weighted by atomic mass is 10.3. The van der Waals surface area contributed by atoms with Crippen LogP contribution in [0.5, 0.6) is 0 Å².